The Balaban J connectivity index is 0. The second kappa shape index (κ2) is 451. The molecule has 0 fully saturated rings. The minimum atomic E-state index is 0. The maximum atomic E-state index is 0. The SMILES string of the molecule is [In+3].[In+3].[In+3].[In+3].[In+3].[N-3].[N-3].[N-3].[N-3].[N-3].[N-3].[N-3].[O-2].[O-2].[O-2].[O-2].[O-2].[O-2].[O-2].[Sn+4].[Sn+4].[Sn+4].[Sn+4].[Sn+4]. The monoisotopic (exact) mass is 1380 g/mol. The van der Waals surface area contributed by atoms with Crippen LogP contribution in [0.1, 0.15) is 0 Å². The molecule has 0 aliphatic heterocycles. The van der Waals surface area contributed by atoms with E-state index >= 15 is 0 Å². The third-order valence-corrected chi connectivity index (χ3v) is 0. The standard InChI is InChI=1S/5In.7N.7O.5Sn/q5*+3;7*-3;7*-2;5*+4. The Morgan fingerprint density at radius 1 is 0.167 bits per heavy atom. The minimum absolute atomic E-state index is 0. The van der Waals surface area contributed by atoms with Gasteiger partial charge in [-0.2, -0.15) is 0 Å². The predicted molar refractivity (Wildman–Crippen MR) is 85.9 cm³/mol. The molecule has 0 unspecified atom stereocenters. The molecule has 0 aliphatic rings. The van der Waals surface area contributed by atoms with Gasteiger partial charge < -0.3 is 81.4 Å². The number of rotatable bonds is 0. The smallest absolute Gasteiger partial charge is 3.00 e. The maximum Gasteiger partial charge on any atom is 4.00 e. The van der Waals surface area contributed by atoms with Gasteiger partial charge in [0, 0.05) is 0 Å². The maximum absolute atomic E-state index is 0. The number of hydrogen-bond donors (Lipinski definition) is 0. The van der Waals surface area contributed by atoms with Gasteiger partial charge in [-0.15, -0.1) is 0 Å². The summed E-state index contributed by atoms with van der Waals surface area (Å²) < 4.78 is 0. The fraction of sp³-hybridized carbons (Fsp3) is 0. The van der Waals surface area contributed by atoms with E-state index in [-0.39, 0.29) is 330 Å². The first kappa shape index (κ1) is 497. The quantitative estimate of drug-likeness (QED) is 0.225. The molecule has 0 aromatic carbocycles. The fourth-order valence-electron chi connectivity index (χ4n) is 0. The summed E-state index contributed by atoms with van der Waals surface area (Å²) in [5.74, 6) is 0. The van der Waals surface area contributed by atoms with Crippen LogP contribution in [0.5, 0.6) is 0 Å². The zero-order valence-corrected chi connectivity index (χ0v) is 42.1. The Kier molecular flexibility index (Phi) is 9330. The van der Waals surface area contributed by atoms with Crippen LogP contribution < -0.4 is 0 Å². The molecule has 0 rings (SSSR count). The van der Waals surface area contributed by atoms with Crippen LogP contribution in [0.25, 0.3) is 43.1 Å². The molecule has 112 valence electrons. The molecule has 0 saturated heterocycles. The summed E-state index contributed by atoms with van der Waals surface area (Å²) in [4.78, 5) is 0. The Morgan fingerprint density at radius 3 is 0.167 bits per heavy atom. The van der Waals surface area contributed by atoms with Crippen molar-refractivity contribution in [3.63, 3.8) is 0 Å². The summed E-state index contributed by atoms with van der Waals surface area (Å²) in [6, 6.07) is 0. The molecule has 0 amide bonds. The van der Waals surface area contributed by atoms with Gasteiger partial charge in [-0.05, 0) is 0 Å². The van der Waals surface area contributed by atoms with Crippen molar-refractivity contribution in [2.45, 2.75) is 0 Å². The van der Waals surface area contributed by atoms with Gasteiger partial charge in [0.25, 0.3) is 0 Å². The Hall–Kier alpha value is 7.78. The number of nitrogens with zero attached hydrogens (tertiary/aromatic N) is 7. The van der Waals surface area contributed by atoms with Crippen molar-refractivity contribution in [3.8, 4) is 0 Å². The molecule has 0 aliphatic carbocycles. The molecular weight excluding hydrogens is 1380 g/mol. The van der Waals surface area contributed by atoms with Crippen molar-refractivity contribution in [1.29, 1.82) is 0 Å². The molecular formula is In5N7O7Sn5. The van der Waals surface area contributed by atoms with Gasteiger partial charge in [-0.1, -0.05) is 0 Å². The van der Waals surface area contributed by atoms with E-state index in [0.29, 0.717) is 0 Å². The van der Waals surface area contributed by atoms with E-state index in [1.54, 1.807) is 0 Å². The van der Waals surface area contributed by atoms with E-state index in [1.165, 1.54) is 0 Å². The third kappa shape index (κ3) is 407. The van der Waals surface area contributed by atoms with E-state index in [9.17, 15) is 0 Å². The first-order chi connectivity index (χ1) is 0. The summed E-state index contributed by atoms with van der Waals surface area (Å²) in [7, 11) is 0. The van der Waals surface area contributed by atoms with Crippen LogP contribution in [-0.2, 0) is 38.3 Å². The fourth-order valence-corrected chi connectivity index (χ4v) is 0. The van der Waals surface area contributed by atoms with Crippen LogP contribution in [0.4, 0.5) is 0 Å². The van der Waals surface area contributed by atoms with Crippen molar-refractivity contribution in [3.05, 3.63) is 43.1 Å². The van der Waals surface area contributed by atoms with Gasteiger partial charge in [0.05, 0.1) is 0 Å². The summed E-state index contributed by atoms with van der Waals surface area (Å²) in [6.07, 6.45) is 0. The van der Waals surface area contributed by atoms with Crippen molar-refractivity contribution in [2.75, 3.05) is 0 Å². The normalized spacial score (nSPS) is 0. The van der Waals surface area contributed by atoms with Gasteiger partial charge in [0.15, 0.2) is 0 Å². The van der Waals surface area contributed by atoms with Crippen molar-refractivity contribution < 1.29 is 38.3 Å². The first-order valence-electron chi connectivity index (χ1n) is 0. The Morgan fingerprint density at radius 2 is 0.167 bits per heavy atom. The largest absolute Gasteiger partial charge is 4.00 e. The van der Waals surface area contributed by atoms with Gasteiger partial charge in [-0.3, -0.25) is 0 Å². The molecule has 0 aromatic heterocycles. The zero-order valence-electron chi connectivity index (χ0n) is 11.4. The molecule has 0 atom stereocenters. The molecule has 0 bridgehead atoms. The minimum Gasteiger partial charge on any atom is -3.00 e. The van der Waals surface area contributed by atoms with E-state index in [0.717, 1.165) is 0 Å². The van der Waals surface area contributed by atoms with Gasteiger partial charge in [-0.25, -0.2) is 0 Å². The van der Waals surface area contributed by atoms with Gasteiger partial charge >= 0.3 is 249 Å². The molecule has 14 nitrogen and oxygen atoms in total. The summed E-state index contributed by atoms with van der Waals surface area (Å²) in [5, 5.41) is 0. The number of hydrogen-bond acceptors (Lipinski definition) is 0. The average molecular weight is 1380 g/mol. The van der Waals surface area contributed by atoms with Crippen LogP contribution in [0, 0.1) is 0 Å². The summed E-state index contributed by atoms with van der Waals surface area (Å²) in [6.45, 7) is 0. The molecule has 0 spiro atoms. The zero-order chi connectivity index (χ0) is 0. The van der Waals surface area contributed by atoms with Crippen LogP contribution in [0.15, 0.2) is 0 Å². The van der Waals surface area contributed by atoms with Crippen molar-refractivity contribution in [2.24, 2.45) is 0 Å². The molecule has 0 saturated carbocycles. The van der Waals surface area contributed by atoms with Crippen LogP contribution in [0.2, 0.25) is 0 Å². The van der Waals surface area contributed by atoms with Crippen LogP contribution >= 0.6 is 0 Å². The van der Waals surface area contributed by atoms with Crippen LogP contribution in [0.3, 0.4) is 0 Å². The van der Waals surface area contributed by atoms with Gasteiger partial charge in [0.1, 0.15) is 0 Å². The van der Waals surface area contributed by atoms with E-state index < -0.39 is 0 Å². The molecule has 24 heteroatoms. The second-order valence-electron chi connectivity index (χ2n) is 0. The predicted octanol–water partition coefficient (Wildman–Crippen LogP) is -2.62. The van der Waals surface area contributed by atoms with Crippen molar-refractivity contribution >= 4 is 249 Å². The van der Waals surface area contributed by atoms with Crippen molar-refractivity contribution in [1.82, 2.24) is 0 Å². The average Bonchev–Trinajstić information content (AvgIpc) is 0. The van der Waals surface area contributed by atoms with Gasteiger partial charge in [0.2, 0.25) is 0 Å². The molecule has 0 heterocycles. The summed E-state index contributed by atoms with van der Waals surface area (Å²) in [5.41, 5.74) is 0. The summed E-state index contributed by atoms with van der Waals surface area (Å²) >= 11 is 0. The molecule has 24 heavy (non-hydrogen) atoms. The molecule has 0 aromatic rings. The van der Waals surface area contributed by atoms with E-state index in [4.69, 9.17) is 0 Å². The van der Waals surface area contributed by atoms with E-state index in [2.05, 4.69) is 0 Å². The Labute approximate surface area is 323 Å². The van der Waals surface area contributed by atoms with E-state index in [1.807, 2.05) is 0 Å². The Bertz CT molecular complexity index is 47.5. The first-order valence-corrected chi connectivity index (χ1v) is 0. The second-order valence-corrected chi connectivity index (χ2v) is 0. The van der Waals surface area contributed by atoms with Crippen LogP contribution in [-0.4, -0.2) is 249 Å². The third-order valence-electron chi connectivity index (χ3n) is 0. The molecule has 0 N–H and O–H groups in total. The topological polar surface area (TPSA) is 413 Å². The molecule has 0 radical (unpaired) electrons.